The average molecular weight is 555 g/mol. The summed E-state index contributed by atoms with van der Waals surface area (Å²) in [5.74, 6) is -0.384. The van der Waals surface area contributed by atoms with Gasteiger partial charge in [-0.25, -0.2) is 0 Å². The molecule has 3 aromatic rings. The number of nitrogens with zero attached hydrogens (tertiary/aromatic N) is 1. The van der Waals surface area contributed by atoms with Gasteiger partial charge in [-0.15, -0.1) is 0 Å². The van der Waals surface area contributed by atoms with Crippen molar-refractivity contribution in [2.24, 2.45) is 0 Å². The van der Waals surface area contributed by atoms with Crippen molar-refractivity contribution in [3.05, 3.63) is 97.8 Å². The maximum Gasteiger partial charge on any atom is 0.339 e. The van der Waals surface area contributed by atoms with E-state index in [1.165, 1.54) is 42.5 Å². The molecule has 4 rings (SSSR count). The Morgan fingerprint density at radius 3 is 2.12 bits per heavy atom. The molecule has 0 bridgehead atoms. The Hall–Kier alpha value is -2.49. The minimum absolute atomic E-state index is 0.0340. The molecule has 34 heavy (non-hydrogen) atoms. The first-order valence-corrected chi connectivity index (χ1v) is 13.0. The standard InChI is InChI=1S/C23H14Cl3NO5S2/c24-15-6-10-17(11-7-15)34(30,31)32-16-8-4-14(5-9-16)12-21-22(28)27(23(29)33-21)13-18-19(25)2-1-3-20(18)26/h1-12H,13H2/b21-12-. The number of hydrogen-bond donors (Lipinski definition) is 0. The number of rotatable bonds is 6. The SMILES string of the molecule is O=C1S/C(=C\c2ccc(OS(=O)(=O)c3ccc(Cl)cc3)cc2)C(=O)N1Cc1c(Cl)cccc1Cl. The average Bonchev–Trinajstić information content (AvgIpc) is 3.05. The van der Waals surface area contributed by atoms with Gasteiger partial charge in [0.25, 0.3) is 11.1 Å². The number of halogens is 3. The normalized spacial score (nSPS) is 15.3. The van der Waals surface area contributed by atoms with E-state index in [9.17, 15) is 18.0 Å². The van der Waals surface area contributed by atoms with E-state index in [-0.39, 0.29) is 22.1 Å². The Labute approximate surface area is 215 Å². The van der Waals surface area contributed by atoms with E-state index < -0.39 is 21.3 Å². The fourth-order valence-electron chi connectivity index (χ4n) is 3.02. The first-order valence-electron chi connectivity index (χ1n) is 9.62. The van der Waals surface area contributed by atoms with E-state index >= 15 is 0 Å². The number of thioether (sulfide) groups is 1. The van der Waals surface area contributed by atoms with E-state index in [1.54, 1.807) is 30.3 Å². The molecule has 6 nitrogen and oxygen atoms in total. The number of amides is 2. The zero-order valence-electron chi connectivity index (χ0n) is 17.1. The topological polar surface area (TPSA) is 80.8 Å². The molecule has 0 aromatic heterocycles. The van der Waals surface area contributed by atoms with Crippen LogP contribution in [0.15, 0.2) is 76.5 Å². The Bertz CT molecular complexity index is 1390. The van der Waals surface area contributed by atoms with Crippen LogP contribution < -0.4 is 4.18 Å². The van der Waals surface area contributed by atoms with Crippen molar-refractivity contribution in [2.75, 3.05) is 0 Å². The van der Waals surface area contributed by atoms with Gasteiger partial charge >= 0.3 is 10.1 Å². The number of carbonyl (C=O) groups excluding carboxylic acids is 2. The van der Waals surface area contributed by atoms with E-state index in [1.807, 2.05) is 0 Å². The molecule has 0 N–H and O–H groups in total. The molecule has 0 atom stereocenters. The maximum absolute atomic E-state index is 12.8. The molecule has 11 heteroatoms. The van der Waals surface area contributed by atoms with Crippen LogP contribution in [0.4, 0.5) is 4.79 Å². The second-order valence-corrected chi connectivity index (χ2v) is 10.8. The van der Waals surface area contributed by atoms with E-state index in [0.717, 1.165) is 16.7 Å². The molecule has 174 valence electrons. The van der Waals surface area contributed by atoms with Crippen LogP contribution >= 0.6 is 46.6 Å². The van der Waals surface area contributed by atoms with Crippen LogP contribution in [-0.2, 0) is 21.5 Å². The second-order valence-electron chi connectivity index (χ2n) is 7.03. The van der Waals surface area contributed by atoms with Crippen molar-refractivity contribution in [1.29, 1.82) is 0 Å². The smallest absolute Gasteiger partial charge is 0.339 e. The Morgan fingerprint density at radius 1 is 0.882 bits per heavy atom. The van der Waals surface area contributed by atoms with Gasteiger partial charge in [-0.3, -0.25) is 14.5 Å². The van der Waals surface area contributed by atoms with Crippen molar-refractivity contribution in [3.63, 3.8) is 0 Å². The first-order chi connectivity index (χ1) is 16.1. The molecule has 0 radical (unpaired) electrons. The zero-order valence-corrected chi connectivity index (χ0v) is 21.0. The lowest BCUT2D eigenvalue weighted by atomic mass is 10.2. The monoisotopic (exact) mass is 553 g/mol. The molecule has 1 aliphatic heterocycles. The molecule has 1 fully saturated rings. The largest absolute Gasteiger partial charge is 0.379 e. The summed E-state index contributed by atoms with van der Waals surface area (Å²) in [6, 6.07) is 16.6. The molecule has 2 amide bonds. The van der Waals surface area contributed by atoms with Gasteiger partial charge in [0.15, 0.2) is 0 Å². The highest BCUT2D eigenvalue weighted by Gasteiger charge is 2.35. The summed E-state index contributed by atoms with van der Waals surface area (Å²) < 4.78 is 30.0. The molecule has 0 unspecified atom stereocenters. The highest BCUT2D eigenvalue weighted by Crippen LogP contribution is 2.35. The third kappa shape index (κ3) is 5.42. The van der Waals surface area contributed by atoms with Gasteiger partial charge in [0.05, 0.1) is 11.4 Å². The lowest BCUT2D eigenvalue weighted by molar-refractivity contribution is -0.123. The fourth-order valence-corrected chi connectivity index (χ4v) is 5.44. The molecule has 0 saturated carbocycles. The summed E-state index contributed by atoms with van der Waals surface area (Å²) in [5, 5.41) is 0.684. The third-order valence-corrected chi connectivity index (χ3v) is 7.87. The van der Waals surface area contributed by atoms with Gasteiger partial charge in [0.1, 0.15) is 10.6 Å². The van der Waals surface area contributed by atoms with E-state index in [4.69, 9.17) is 39.0 Å². The highest BCUT2D eigenvalue weighted by atomic mass is 35.5. The van der Waals surface area contributed by atoms with Crippen molar-refractivity contribution >= 4 is 73.9 Å². The van der Waals surface area contributed by atoms with Crippen LogP contribution in [0.5, 0.6) is 5.75 Å². The minimum atomic E-state index is -4.03. The third-order valence-electron chi connectivity index (χ3n) is 4.74. The van der Waals surface area contributed by atoms with Gasteiger partial charge in [-0.05, 0) is 71.9 Å². The summed E-state index contributed by atoms with van der Waals surface area (Å²) in [4.78, 5) is 26.5. The predicted molar refractivity (Wildman–Crippen MR) is 134 cm³/mol. The van der Waals surface area contributed by atoms with E-state index in [0.29, 0.717) is 26.2 Å². The molecular formula is C23H14Cl3NO5S2. The Balaban J connectivity index is 1.48. The molecule has 1 aliphatic rings. The quantitative estimate of drug-likeness (QED) is 0.251. The van der Waals surface area contributed by atoms with Gasteiger partial charge in [-0.2, -0.15) is 8.42 Å². The maximum atomic E-state index is 12.8. The predicted octanol–water partition coefficient (Wildman–Crippen LogP) is 6.65. The van der Waals surface area contributed by atoms with E-state index in [2.05, 4.69) is 0 Å². The zero-order chi connectivity index (χ0) is 24.5. The number of carbonyl (C=O) groups is 2. The van der Waals surface area contributed by atoms with Crippen LogP contribution in [0.25, 0.3) is 6.08 Å². The van der Waals surface area contributed by atoms with Gasteiger partial charge in [0, 0.05) is 20.6 Å². The summed E-state index contributed by atoms with van der Waals surface area (Å²) in [6.07, 6.45) is 1.54. The molecular weight excluding hydrogens is 541 g/mol. The molecule has 3 aromatic carbocycles. The van der Waals surface area contributed by atoms with Crippen molar-refractivity contribution in [1.82, 2.24) is 4.90 Å². The van der Waals surface area contributed by atoms with Gasteiger partial charge < -0.3 is 4.18 Å². The molecule has 1 saturated heterocycles. The molecule has 0 aliphatic carbocycles. The fraction of sp³-hybridized carbons (Fsp3) is 0.0435. The Morgan fingerprint density at radius 2 is 1.50 bits per heavy atom. The van der Waals surface area contributed by atoms with Crippen molar-refractivity contribution in [2.45, 2.75) is 11.4 Å². The first kappa shape index (κ1) is 24.6. The van der Waals surface area contributed by atoms with Crippen LogP contribution in [0.2, 0.25) is 15.1 Å². The van der Waals surface area contributed by atoms with Gasteiger partial charge in [-0.1, -0.05) is 53.0 Å². The summed E-state index contributed by atoms with van der Waals surface area (Å²) >= 11 is 18.9. The molecule has 1 heterocycles. The second kappa shape index (κ2) is 10.0. The minimum Gasteiger partial charge on any atom is -0.379 e. The lowest BCUT2D eigenvalue weighted by Crippen LogP contribution is -2.27. The number of benzene rings is 3. The summed E-state index contributed by atoms with van der Waals surface area (Å²) in [5.41, 5.74) is 1.07. The number of imide groups is 1. The van der Waals surface area contributed by atoms with Crippen molar-refractivity contribution in [3.8, 4) is 5.75 Å². The number of hydrogen-bond acceptors (Lipinski definition) is 6. The molecule has 0 spiro atoms. The van der Waals surface area contributed by atoms with Crippen LogP contribution in [0.1, 0.15) is 11.1 Å². The van der Waals surface area contributed by atoms with Gasteiger partial charge in [0.2, 0.25) is 0 Å². The highest BCUT2D eigenvalue weighted by molar-refractivity contribution is 8.18. The summed E-state index contributed by atoms with van der Waals surface area (Å²) in [6.45, 7) is -0.0458. The van der Waals surface area contributed by atoms with Crippen molar-refractivity contribution < 1.29 is 22.2 Å². The van der Waals surface area contributed by atoms with Crippen LogP contribution in [0.3, 0.4) is 0 Å². The van der Waals surface area contributed by atoms with Crippen LogP contribution in [-0.4, -0.2) is 24.5 Å². The van der Waals surface area contributed by atoms with Crippen LogP contribution in [0, 0.1) is 0 Å². The lowest BCUT2D eigenvalue weighted by Gasteiger charge is -2.14. The Kier molecular flexibility index (Phi) is 7.25. The summed E-state index contributed by atoms with van der Waals surface area (Å²) in [7, 11) is -4.03.